The lowest BCUT2D eigenvalue weighted by molar-refractivity contribution is -0.133. The number of nitrogens with zero attached hydrogens (tertiary/aromatic N) is 3. The highest BCUT2D eigenvalue weighted by atomic mass is 19.3. The molecule has 1 aromatic carbocycles. The zero-order chi connectivity index (χ0) is 20.1. The first-order valence-corrected chi connectivity index (χ1v) is 8.63. The Hall–Kier alpha value is -2.77. The van der Waals surface area contributed by atoms with Crippen LogP contribution in [0.1, 0.15) is 42.1 Å². The normalized spacial score (nSPS) is 12.3. The fourth-order valence-corrected chi connectivity index (χ4v) is 2.70. The molecular formula is C19H24F2N4O2. The lowest BCUT2D eigenvalue weighted by Crippen LogP contribution is -2.50. The lowest BCUT2D eigenvalue weighted by atomic mass is 10.0. The van der Waals surface area contributed by atoms with Gasteiger partial charge in [0, 0.05) is 25.0 Å². The molecule has 6 nitrogen and oxygen atoms in total. The molecule has 2 aromatic rings. The molecule has 0 spiro atoms. The van der Waals surface area contributed by atoms with Crippen molar-refractivity contribution in [2.75, 3.05) is 7.05 Å². The first kappa shape index (κ1) is 20.5. The van der Waals surface area contributed by atoms with Gasteiger partial charge < -0.3 is 10.2 Å². The summed E-state index contributed by atoms with van der Waals surface area (Å²) in [6.45, 7) is 2.69. The molecule has 0 bridgehead atoms. The van der Waals surface area contributed by atoms with E-state index >= 15 is 0 Å². The van der Waals surface area contributed by atoms with Gasteiger partial charge in [0.15, 0.2) is 0 Å². The van der Waals surface area contributed by atoms with Gasteiger partial charge in [-0.3, -0.25) is 14.2 Å². The Kier molecular flexibility index (Phi) is 6.65. The van der Waals surface area contributed by atoms with Crippen molar-refractivity contribution in [3.05, 3.63) is 53.6 Å². The van der Waals surface area contributed by atoms with Crippen LogP contribution in [0.5, 0.6) is 0 Å². The van der Waals surface area contributed by atoms with Gasteiger partial charge in [-0.2, -0.15) is 8.78 Å². The summed E-state index contributed by atoms with van der Waals surface area (Å²) in [5, 5.41) is 2.75. The number of alkyl halides is 2. The maximum Gasteiger partial charge on any atom is 0.319 e. The molecule has 0 aliphatic heterocycles. The molecule has 2 rings (SSSR count). The molecule has 1 unspecified atom stereocenters. The third-order valence-corrected chi connectivity index (χ3v) is 4.21. The van der Waals surface area contributed by atoms with Crippen molar-refractivity contribution in [2.24, 2.45) is 5.92 Å². The maximum absolute atomic E-state index is 13.0. The third kappa shape index (κ3) is 5.12. The van der Waals surface area contributed by atoms with Gasteiger partial charge in [0.25, 0.3) is 5.91 Å². The van der Waals surface area contributed by atoms with Crippen LogP contribution in [0, 0.1) is 12.8 Å². The second-order valence-corrected chi connectivity index (χ2v) is 6.79. The average molecular weight is 378 g/mol. The molecule has 0 radical (unpaired) electrons. The van der Waals surface area contributed by atoms with Gasteiger partial charge in [-0.15, -0.1) is 0 Å². The molecule has 27 heavy (non-hydrogen) atoms. The van der Waals surface area contributed by atoms with Crippen molar-refractivity contribution in [1.82, 2.24) is 19.8 Å². The van der Waals surface area contributed by atoms with Crippen LogP contribution in [0.15, 0.2) is 36.7 Å². The van der Waals surface area contributed by atoms with Gasteiger partial charge in [0.2, 0.25) is 5.91 Å². The number of hydrogen-bond acceptors (Lipinski definition) is 3. The minimum Gasteiger partial charge on any atom is -0.340 e. The number of hydrogen-bond donors (Lipinski definition) is 1. The van der Waals surface area contributed by atoms with Crippen LogP contribution < -0.4 is 5.32 Å². The Balaban J connectivity index is 2.11. The Morgan fingerprint density at radius 1 is 1.30 bits per heavy atom. The van der Waals surface area contributed by atoms with Crippen LogP contribution >= 0.6 is 0 Å². The molecule has 146 valence electrons. The number of likely N-dealkylation sites (N-methyl/N-ethyl adjacent to an activating group) is 1. The molecule has 1 aromatic heterocycles. The van der Waals surface area contributed by atoms with E-state index in [1.54, 1.807) is 18.2 Å². The van der Waals surface area contributed by atoms with Crippen LogP contribution in [0.4, 0.5) is 8.78 Å². The highest BCUT2D eigenvalue weighted by molar-refractivity contribution is 5.97. The van der Waals surface area contributed by atoms with Crippen molar-refractivity contribution in [3.63, 3.8) is 0 Å². The number of amides is 2. The Bertz CT molecular complexity index is 805. The second kappa shape index (κ2) is 8.75. The third-order valence-electron chi connectivity index (χ3n) is 4.21. The van der Waals surface area contributed by atoms with Gasteiger partial charge in [-0.1, -0.05) is 31.5 Å². The number of rotatable bonds is 7. The van der Waals surface area contributed by atoms with E-state index < -0.39 is 12.6 Å². The molecule has 0 saturated carbocycles. The zero-order valence-corrected chi connectivity index (χ0v) is 15.8. The van der Waals surface area contributed by atoms with E-state index in [-0.39, 0.29) is 30.1 Å². The summed E-state index contributed by atoms with van der Waals surface area (Å²) in [7, 11) is 1.50. The van der Waals surface area contributed by atoms with Crippen LogP contribution in [0.2, 0.25) is 0 Å². The summed E-state index contributed by atoms with van der Waals surface area (Å²) >= 11 is 0. The highest BCUT2D eigenvalue weighted by Gasteiger charge is 2.28. The summed E-state index contributed by atoms with van der Waals surface area (Å²) in [6, 6.07) is 6.28. The summed E-state index contributed by atoms with van der Waals surface area (Å²) < 4.78 is 26.6. The molecule has 0 aliphatic rings. The molecule has 0 saturated heterocycles. The summed E-state index contributed by atoms with van der Waals surface area (Å²) in [5.41, 5.74) is 1.40. The van der Waals surface area contributed by atoms with Gasteiger partial charge in [-0.25, -0.2) is 4.98 Å². The molecule has 0 fully saturated rings. The predicted octanol–water partition coefficient (Wildman–Crippen LogP) is 3.00. The monoisotopic (exact) mass is 378 g/mol. The first-order chi connectivity index (χ1) is 12.7. The number of benzene rings is 1. The van der Waals surface area contributed by atoms with E-state index in [1.807, 2.05) is 26.8 Å². The zero-order valence-electron chi connectivity index (χ0n) is 15.8. The molecule has 1 heterocycles. The van der Waals surface area contributed by atoms with Crippen LogP contribution in [-0.2, 0) is 11.3 Å². The van der Waals surface area contributed by atoms with Gasteiger partial charge in [0.1, 0.15) is 11.9 Å². The molecular weight excluding hydrogens is 354 g/mol. The smallest absolute Gasteiger partial charge is 0.319 e. The van der Waals surface area contributed by atoms with Crippen LogP contribution in [0.3, 0.4) is 0 Å². The van der Waals surface area contributed by atoms with Gasteiger partial charge >= 0.3 is 6.55 Å². The predicted molar refractivity (Wildman–Crippen MR) is 97.2 cm³/mol. The molecule has 0 aliphatic carbocycles. The number of carbonyl (C=O) groups is 2. The van der Waals surface area contributed by atoms with Gasteiger partial charge in [-0.05, 0) is 25.0 Å². The summed E-state index contributed by atoms with van der Waals surface area (Å²) in [6.07, 6.45) is 2.43. The largest absolute Gasteiger partial charge is 0.340 e. The van der Waals surface area contributed by atoms with Crippen molar-refractivity contribution in [2.45, 2.75) is 39.9 Å². The average Bonchev–Trinajstić information content (AvgIpc) is 3.06. The standard InChI is InChI=1S/C19H24F2N4O2/c1-12(2)16(23-17(26)14-7-5-6-13(3)10-14)18(27)24(4)11-15-22-8-9-25(15)19(20)21/h5-10,12,16,19H,11H2,1-4H3,(H,23,26). The number of halogens is 2. The lowest BCUT2D eigenvalue weighted by Gasteiger charge is -2.27. The number of carbonyl (C=O) groups excluding carboxylic acids is 2. The molecule has 1 N–H and O–H groups in total. The first-order valence-electron chi connectivity index (χ1n) is 8.63. The van der Waals surface area contributed by atoms with Gasteiger partial charge in [0.05, 0.1) is 6.54 Å². The Morgan fingerprint density at radius 3 is 2.59 bits per heavy atom. The second-order valence-electron chi connectivity index (χ2n) is 6.79. The Labute approximate surface area is 157 Å². The quantitative estimate of drug-likeness (QED) is 0.805. The fraction of sp³-hybridized carbons (Fsp3) is 0.421. The summed E-state index contributed by atoms with van der Waals surface area (Å²) in [4.78, 5) is 30.5. The minimum absolute atomic E-state index is 0.0772. The molecule has 2 amide bonds. The fourth-order valence-electron chi connectivity index (χ4n) is 2.70. The van der Waals surface area contributed by atoms with E-state index in [0.29, 0.717) is 10.1 Å². The van der Waals surface area contributed by atoms with E-state index in [2.05, 4.69) is 10.3 Å². The van der Waals surface area contributed by atoms with Crippen molar-refractivity contribution >= 4 is 11.8 Å². The number of imidazole rings is 1. The number of nitrogens with one attached hydrogen (secondary N) is 1. The van der Waals surface area contributed by atoms with Crippen molar-refractivity contribution in [1.29, 1.82) is 0 Å². The SMILES string of the molecule is Cc1cccc(C(=O)NC(C(=O)N(C)Cc2nccn2C(F)F)C(C)C)c1. The Morgan fingerprint density at radius 2 is 2.00 bits per heavy atom. The van der Waals surface area contributed by atoms with E-state index in [0.717, 1.165) is 11.8 Å². The van der Waals surface area contributed by atoms with Crippen molar-refractivity contribution in [3.8, 4) is 0 Å². The highest BCUT2D eigenvalue weighted by Crippen LogP contribution is 2.15. The molecule has 8 heteroatoms. The van der Waals surface area contributed by atoms with Crippen LogP contribution in [0.25, 0.3) is 0 Å². The topological polar surface area (TPSA) is 67.2 Å². The molecule has 1 atom stereocenters. The minimum atomic E-state index is -2.73. The summed E-state index contributed by atoms with van der Waals surface area (Å²) in [5.74, 6) is -0.819. The van der Waals surface area contributed by atoms with E-state index in [4.69, 9.17) is 0 Å². The number of aromatic nitrogens is 2. The maximum atomic E-state index is 13.0. The van der Waals surface area contributed by atoms with Crippen LogP contribution in [-0.4, -0.2) is 39.4 Å². The van der Waals surface area contributed by atoms with Crippen molar-refractivity contribution < 1.29 is 18.4 Å². The van der Waals surface area contributed by atoms with E-state index in [1.165, 1.54) is 18.1 Å². The number of aryl methyl sites for hydroxylation is 1. The van der Waals surface area contributed by atoms with E-state index in [9.17, 15) is 18.4 Å².